The Morgan fingerprint density at radius 3 is 2.86 bits per heavy atom. The van der Waals surface area contributed by atoms with Crippen molar-refractivity contribution in [3.05, 3.63) is 56.9 Å². The predicted molar refractivity (Wildman–Crippen MR) is 115 cm³/mol. The van der Waals surface area contributed by atoms with Crippen molar-refractivity contribution >= 4 is 45.9 Å². The summed E-state index contributed by atoms with van der Waals surface area (Å²) < 4.78 is 5.44. The van der Waals surface area contributed by atoms with Crippen LogP contribution < -0.4 is 5.32 Å². The van der Waals surface area contributed by atoms with Gasteiger partial charge in [0, 0.05) is 16.0 Å². The van der Waals surface area contributed by atoms with Gasteiger partial charge in [-0.1, -0.05) is 30.7 Å². The molecule has 0 radical (unpaired) electrons. The van der Waals surface area contributed by atoms with E-state index in [1.807, 2.05) is 26.0 Å². The van der Waals surface area contributed by atoms with Gasteiger partial charge in [-0.3, -0.25) is 4.79 Å². The van der Waals surface area contributed by atoms with E-state index < -0.39 is 0 Å². The molecule has 28 heavy (non-hydrogen) atoms. The molecule has 0 fully saturated rings. The van der Waals surface area contributed by atoms with Crippen LogP contribution in [0, 0.1) is 5.92 Å². The Labute approximate surface area is 174 Å². The normalized spacial score (nSPS) is 16.2. The van der Waals surface area contributed by atoms with Crippen LogP contribution in [0.25, 0.3) is 6.08 Å². The van der Waals surface area contributed by atoms with Gasteiger partial charge in [0.15, 0.2) is 0 Å². The number of halogens is 1. The summed E-state index contributed by atoms with van der Waals surface area (Å²) in [7, 11) is 0. The van der Waals surface area contributed by atoms with E-state index in [1.54, 1.807) is 18.2 Å². The molecule has 1 aromatic heterocycles. The minimum Gasteiger partial charge on any atom is -0.459 e. The van der Waals surface area contributed by atoms with E-state index in [1.165, 1.54) is 22.3 Å². The molecule has 2 aromatic rings. The number of benzene rings is 1. The van der Waals surface area contributed by atoms with E-state index in [-0.39, 0.29) is 18.0 Å². The van der Waals surface area contributed by atoms with Gasteiger partial charge in [-0.25, -0.2) is 4.79 Å². The van der Waals surface area contributed by atoms with Gasteiger partial charge < -0.3 is 10.1 Å². The molecule has 1 aliphatic carbocycles. The summed E-state index contributed by atoms with van der Waals surface area (Å²) in [6.45, 7) is 5.86. The third-order valence-corrected chi connectivity index (χ3v) is 5.98. The maximum Gasteiger partial charge on any atom is 0.341 e. The number of carbonyl (C=O) groups is 2. The number of thiophene rings is 1. The number of hydrogen-bond donors (Lipinski definition) is 1. The topological polar surface area (TPSA) is 55.4 Å². The fourth-order valence-corrected chi connectivity index (χ4v) is 4.86. The molecule has 0 bridgehead atoms. The van der Waals surface area contributed by atoms with Crippen LogP contribution in [0.5, 0.6) is 0 Å². The molecule has 1 atom stereocenters. The zero-order chi connectivity index (χ0) is 20.3. The van der Waals surface area contributed by atoms with Crippen LogP contribution in [-0.4, -0.2) is 18.0 Å². The first-order chi connectivity index (χ1) is 13.3. The molecular formula is C22H24ClNO3S. The van der Waals surface area contributed by atoms with Gasteiger partial charge in [-0.15, -0.1) is 11.3 Å². The van der Waals surface area contributed by atoms with Crippen LogP contribution in [0.1, 0.15) is 53.6 Å². The maximum absolute atomic E-state index is 12.7. The van der Waals surface area contributed by atoms with E-state index in [0.717, 1.165) is 30.4 Å². The molecular weight excluding hydrogens is 394 g/mol. The number of ether oxygens (including phenoxy) is 1. The molecule has 0 aliphatic heterocycles. The molecule has 6 heteroatoms. The lowest BCUT2D eigenvalue weighted by Crippen LogP contribution is -2.18. The smallest absolute Gasteiger partial charge is 0.341 e. The van der Waals surface area contributed by atoms with Crippen molar-refractivity contribution in [2.24, 2.45) is 5.92 Å². The average Bonchev–Trinajstić information content (AvgIpc) is 2.96. The van der Waals surface area contributed by atoms with Gasteiger partial charge in [-0.05, 0) is 68.4 Å². The lowest BCUT2D eigenvalue weighted by Gasteiger charge is -2.18. The van der Waals surface area contributed by atoms with E-state index in [2.05, 4.69) is 12.2 Å². The number of esters is 1. The van der Waals surface area contributed by atoms with Crippen LogP contribution in [0.15, 0.2) is 30.3 Å². The number of hydrogen-bond acceptors (Lipinski definition) is 4. The molecule has 0 saturated carbocycles. The summed E-state index contributed by atoms with van der Waals surface area (Å²) >= 11 is 7.46. The monoisotopic (exact) mass is 417 g/mol. The van der Waals surface area contributed by atoms with Crippen molar-refractivity contribution in [3.63, 3.8) is 0 Å². The number of fused-ring (bicyclic) bond motifs is 1. The van der Waals surface area contributed by atoms with Crippen molar-refractivity contribution in [1.29, 1.82) is 0 Å². The Morgan fingerprint density at radius 1 is 1.36 bits per heavy atom. The number of amides is 1. The highest BCUT2D eigenvalue weighted by Gasteiger charge is 2.29. The van der Waals surface area contributed by atoms with Gasteiger partial charge in [-0.2, -0.15) is 0 Å². The molecule has 0 saturated heterocycles. The van der Waals surface area contributed by atoms with E-state index >= 15 is 0 Å². The van der Waals surface area contributed by atoms with Crippen molar-refractivity contribution in [2.45, 2.75) is 46.1 Å². The molecule has 1 heterocycles. The molecule has 3 rings (SSSR count). The van der Waals surface area contributed by atoms with Gasteiger partial charge in [0.25, 0.3) is 0 Å². The SMILES string of the molecule is CC1CCc2c(sc(NC(=O)/C=C/c3cccc(Cl)c3)c2C(=O)OC(C)C)C1. The number of carbonyl (C=O) groups excluding carboxylic acids is 2. The van der Waals surface area contributed by atoms with E-state index in [0.29, 0.717) is 21.5 Å². The Kier molecular flexibility index (Phi) is 6.57. The second-order valence-electron chi connectivity index (χ2n) is 7.39. The maximum atomic E-state index is 12.7. The van der Waals surface area contributed by atoms with Gasteiger partial charge >= 0.3 is 5.97 Å². The zero-order valence-electron chi connectivity index (χ0n) is 16.3. The average molecular weight is 418 g/mol. The summed E-state index contributed by atoms with van der Waals surface area (Å²) in [5, 5.41) is 4.07. The standard InChI is InChI=1S/C22H24ClNO3S/c1-13(2)27-22(26)20-17-9-7-14(3)11-18(17)28-21(20)24-19(25)10-8-15-5-4-6-16(23)12-15/h4-6,8,10,12-14H,7,9,11H2,1-3H3,(H,24,25)/b10-8+. The van der Waals surface area contributed by atoms with Crippen LogP contribution in [0.2, 0.25) is 5.02 Å². The van der Waals surface area contributed by atoms with Crippen LogP contribution in [0.4, 0.5) is 5.00 Å². The second-order valence-corrected chi connectivity index (χ2v) is 8.93. The minimum absolute atomic E-state index is 0.211. The van der Waals surface area contributed by atoms with Crippen molar-refractivity contribution in [3.8, 4) is 0 Å². The largest absolute Gasteiger partial charge is 0.459 e. The van der Waals surface area contributed by atoms with E-state index in [9.17, 15) is 9.59 Å². The zero-order valence-corrected chi connectivity index (χ0v) is 17.8. The summed E-state index contributed by atoms with van der Waals surface area (Å²) in [5.41, 5.74) is 2.38. The van der Waals surface area contributed by atoms with Crippen LogP contribution in [0.3, 0.4) is 0 Å². The van der Waals surface area contributed by atoms with Gasteiger partial charge in [0.1, 0.15) is 5.00 Å². The quantitative estimate of drug-likeness (QED) is 0.498. The lowest BCUT2D eigenvalue weighted by molar-refractivity contribution is -0.111. The summed E-state index contributed by atoms with van der Waals surface area (Å²) in [6, 6.07) is 7.26. The first kappa shape index (κ1) is 20.6. The summed E-state index contributed by atoms with van der Waals surface area (Å²) in [6.07, 6.45) is 5.73. The molecule has 1 N–H and O–H groups in total. The highest BCUT2D eigenvalue weighted by atomic mass is 35.5. The summed E-state index contributed by atoms with van der Waals surface area (Å²) in [5.74, 6) is -0.0761. The van der Waals surface area contributed by atoms with Crippen molar-refractivity contribution in [1.82, 2.24) is 0 Å². The molecule has 148 valence electrons. The number of anilines is 1. The number of nitrogens with one attached hydrogen (secondary N) is 1. The van der Waals surface area contributed by atoms with Crippen LogP contribution >= 0.6 is 22.9 Å². The lowest BCUT2D eigenvalue weighted by atomic mass is 9.88. The predicted octanol–water partition coefficient (Wildman–Crippen LogP) is 5.74. The van der Waals surface area contributed by atoms with Crippen molar-refractivity contribution in [2.75, 3.05) is 5.32 Å². The van der Waals surface area contributed by atoms with E-state index in [4.69, 9.17) is 16.3 Å². The third-order valence-electron chi connectivity index (χ3n) is 4.57. The first-order valence-electron chi connectivity index (χ1n) is 9.43. The second kappa shape index (κ2) is 8.93. The molecule has 1 aromatic carbocycles. The minimum atomic E-state index is -0.365. The fraction of sp³-hybridized carbons (Fsp3) is 0.364. The highest BCUT2D eigenvalue weighted by molar-refractivity contribution is 7.17. The first-order valence-corrected chi connectivity index (χ1v) is 10.6. The molecule has 1 aliphatic rings. The van der Waals surface area contributed by atoms with Gasteiger partial charge in [0.2, 0.25) is 5.91 Å². The third kappa shape index (κ3) is 5.03. The number of rotatable bonds is 5. The Balaban J connectivity index is 1.84. The molecule has 1 amide bonds. The Hall–Kier alpha value is -2.11. The Bertz CT molecular complexity index is 917. The molecule has 0 spiro atoms. The van der Waals surface area contributed by atoms with Crippen molar-refractivity contribution < 1.29 is 14.3 Å². The summed E-state index contributed by atoms with van der Waals surface area (Å²) in [4.78, 5) is 26.3. The van der Waals surface area contributed by atoms with Crippen LogP contribution in [-0.2, 0) is 22.4 Å². The fourth-order valence-electron chi connectivity index (χ4n) is 3.26. The molecule has 1 unspecified atom stereocenters. The Morgan fingerprint density at radius 2 is 2.14 bits per heavy atom. The van der Waals surface area contributed by atoms with Gasteiger partial charge in [0.05, 0.1) is 11.7 Å². The highest BCUT2D eigenvalue weighted by Crippen LogP contribution is 2.40. The molecule has 4 nitrogen and oxygen atoms in total.